The molecule has 3 N–H and O–H groups in total. The van der Waals surface area contributed by atoms with Gasteiger partial charge in [-0.3, -0.25) is 9.69 Å². The maximum atomic E-state index is 13.4. The van der Waals surface area contributed by atoms with Crippen LogP contribution in [0.4, 0.5) is 11.4 Å². The van der Waals surface area contributed by atoms with Gasteiger partial charge >= 0.3 is 0 Å². The lowest BCUT2D eigenvalue weighted by molar-refractivity contribution is -0.113. The molecule has 0 aliphatic carbocycles. The molecule has 0 aromatic heterocycles. The van der Waals surface area contributed by atoms with Crippen LogP contribution in [0.5, 0.6) is 17.2 Å². The number of thioether (sulfide) groups is 1. The predicted octanol–water partition coefficient (Wildman–Crippen LogP) is 4.68. The van der Waals surface area contributed by atoms with E-state index in [1.54, 1.807) is 23.1 Å². The largest absolute Gasteiger partial charge is 0.502 e. The highest BCUT2D eigenvalue weighted by molar-refractivity contribution is 8.19. The fourth-order valence-electron chi connectivity index (χ4n) is 3.32. The zero-order valence-electron chi connectivity index (χ0n) is 18.2. The van der Waals surface area contributed by atoms with Crippen LogP contribution < -0.4 is 20.1 Å². The molecule has 1 aliphatic rings. The summed E-state index contributed by atoms with van der Waals surface area (Å²) in [5.41, 5.74) is 8.78. The summed E-state index contributed by atoms with van der Waals surface area (Å²) >= 11 is 1.27. The van der Waals surface area contributed by atoms with Gasteiger partial charge in [0.25, 0.3) is 5.91 Å². The van der Waals surface area contributed by atoms with Gasteiger partial charge in [0.05, 0.1) is 30.5 Å². The number of methoxy groups -OCH3 is 2. The number of hydrogen-bond acceptors (Lipinski definition) is 7. The van der Waals surface area contributed by atoms with E-state index in [4.69, 9.17) is 20.2 Å². The summed E-state index contributed by atoms with van der Waals surface area (Å²) in [7, 11) is 2.91. The lowest BCUT2D eigenvalue weighted by Gasteiger charge is -2.15. The summed E-state index contributed by atoms with van der Waals surface area (Å²) in [4.78, 5) is 20.2. The van der Waals surface area contributed by atoms with Crippen LogP contribution in [-0.2, 0) is 11.3 Å². The van der Waals surface area contributed by atoms with Gasteiger partial charge in [0, 0.05) is 6.54 Å². The monoisotopic (exact) mass is 461 g/mol. The molecule has 1 saturated heterocycles. The first-order chi connectivity index (χ1) is 16.0. The van der Waals surface area contributed by atoms with Crippen LogP contribution >= 0.6 is 11.8 Å². The van der Waals surface area contributed by atoms with Crippen LogP contribution in [0.2, 0.25) is 0 Å². The minimum absolute atomic E-state index is 0.0957. The van der Waals surface area contributed by atoms with Gasteiger partial charge in [-0.25, -0.2) is 4.99 Å². The minimum atomic E-state index is -0.200. The number of amides is 1. The van der Waals surface area contributed by atoms with Crippen LogP contribution in [0.15, 0.2) is 76.6 Å². The Morgan fingerprint density at radius 1 is 1.03 bits per heavy atom. The zero-order chi connectivity index (χ0) is 23.4. The number of phenols is 1. The van der Waals surface area contributed by atoms with Gasteiger partial charge in [0.2, 0.25) is 5.75 Å². The van der Waals surface area contributed by atoms with E-state index >= 15 is 0 Å². The first kappa shape index (κ1) is 22.4. The standard InChI is InChI=1S/C25H23N3O4S/c1-31-20-12-17(13-21(32-2)23(20)29)14-22-24(30)28(19-6-4-3-5-7-19)25(33-22)27-18-10-8-16(15-26)9-11-18/h3-14,29H,15,26H2,1-2H3/b22-14-,27-25-. The summed E-state index contributed by atoms with van der Waals surface area (Å²) in [6, 6.07) is 20.2. The molecule has 0 spiro atoms. The van der Waals surface area contributed by atoms with Crippen molar-refractivity contribution in [1.29, 1.82) is 0 Å². The Bertz CT molecular complexity index is 1200. The molecule has 3 aromatic carbocycles. The lowest BCUT2D eigenvalue weighted by atomic mass is 10.1. The van der Waals surface area contributed by atoms with E-state index in [1.807, 2.05) is 54.6 Å². The number of phenolic OH excluding ortho intramolecular Hbond substituents is 1. The summed E-state index contributed by atoms with van der Waals surface area (Å²) < 4.78 is 10.5. The van der Waals surface area contributed by atoms with E-state index in [2.05, 4.69) is 0 Å². The first-order valence-electron chi connectivity index (χ1n) is 10.2. The third kappa shape index (κ3) is 4.72. The maximum absolute atomic E-state index is 13.4. The average molecular weight is 462 g/mol. The SMILES string of the molecule is COc1cc(/C=C2\S/C(=N\c3ccc(CN)cc3)N(c3ccccc3)C2=O)cc(OC)c1O. The van der Waals surface area contributed by atoms with Crippen LogP contribution in [0.3, 0.4) is 0 Å². The van der Waals surface area contributed by atoms with Crippen molar-refractivity contribution in [2.24, 2.45) is 10.7 Å². The molecule has 33 heavy (non-hydrogen) atoms. The smallest absolute Gasteiger partial charge is 0.271 e. The van der Waals surface area contributed by atoms with Crippen LogP contribution in [-0.4, -0.2) is 30.4 Å². The van der Waals surface area contributed by atoms with Crippen molar-refractivity contribution in [3.63, 3.8) is 0 Å². The first-order valence-corrected chi connectivity index (χ1v) is 11.0. The Hall–Kier alpha value is -3.75. The van der Waals surface area contributed by atoms with Crippen molar-refractivity contribution >= 4 is 40.3 Å². The maximum Gasteiger partial charge on any atom is 0.271 e. The Morgan fingerprint density at radius 3 is 2.24 bits per heavy atom. The van der Waals surface area contributed by atoms with Crippen molar-refractivity contribution in [2.75, 3.05) is 19.1 Å². The molecule has 3 aromatic rings. The predicted molar refractivity (Wildman–Crippen MR) is 132 cm³/mol. The fourth-order valence-corrected chi connectivity index (χ4v) is 4.32. The van der Waals surface area contributed by atoms with Crippen molar-refractivity contribution in [3.05, 3.63) is 82.8 Å². The Labute approximate surface area is 196 Å². The summed E-state index contributed by atoms with van der Waals surface area (Å²) in [5, 5.41) is 10.7. The number of aromatic hydroxyl groups is 1. The van der Waals surface area contributed by atoms with Gasteiger partial charge in [0.15, 0.2) is 16.7 Å². The number of carbonyl (C=O) groups is 1. The van der Waals surface area contributed by atoms with Crippen molar-refractivity contribution < 1.29 is 19.4 Å². The molecular formula is C25H23N3O4S. The molecule has 4 rings (SSSR count). The molecule has 1 fully saturated rings. The molecule has 1 heterocycles. The molecule has 7 nitrogen and oxygen atoms in total. The number of rotatable bonds is 6. The Kier molecular flexibility index (Phi) is 6.67. The summed E-state index contributed by atoms with van der Waals surface area (Å²) in [6.45, 7) is 0.451. The third-order valence-electron chi connectivity index (χ3n) is 5.02. The van der Waals surface area contributed by atoms with Crippen molar-refractivity contribution in [3.8, 4) is 17.2 Å². The summed E-state index contributed by atoms with van der Waals surface area (Å²) in [5.74, 6) is 0.215. The minimum Gasteiger partial charge on any atom is -0.502 e. The Balaban J connectivity index is 1.77. The number of benzene rings is 3. The van der Waals surface area contributed by atoms with Gasteiger partial charge in [0.1, 0.15) is 0 Å². The molecular weight excluding hydrogens is 438 g/mol. The second kappa shape index (κ2) is 9.81. The van der Waals surface area contributed by atoms with Gasteiger partial charge < -0.3 is 20.3 Å². The molecule has 0 radical (unpaired) electrons. The van der Waals surface area contributed by atoms with Gasteiger partial charge in [-0.05, 0) is 65.4 Å². The number of para-hydroxylation sites is 1. The second-order valence-electron chi connectivity index (χ2n) is 7.13. The fraction of sp³-hybridized carbons (Fsp3) is 0.120. The number of amidine groups is 1. The molecule has 1 amide bonds. The van der Waals surface area contributed by atoms with Gasteiger partial charge in [-0.15, -0.1) is 0 Å². The van der Waals surface area contributed by atoms with E-state index < -0.39 is 0 Å². The highest BCUT2D eigenvalue weighted by Gasteiger charge is 2.34. The van der Waals surface area contributed by atoms with Gasteiger partial charge in [-0.2, -0.15) is 0 Å². The highest BCUT2D eigenvalue weighted by Crippen LogP contribution is 2.41. The zero-order valence-corrected chi connectivity index (χ0v) is 19.0. The van der Waals surface area contributed by atoms with E-state index in [0.717, 1.165) is 16.9 Å². The van der Waals surface area contributed by atoms with Crippen molar-refractivity contribution in [2.45, 2.75) is 6.54 Å². The highest BCUT2D eigenvalue weighted by atomic mass is 32.2. The molecule has 1 aliphatic heterocycles. The molecule has 0 unspecified atom stereocenters. The van der Waals surface area contributed by atoms with E-state index in [1.165, 1.54) is 26.0 Å². The molecule has 0 saturated carbocycles. The van der Waals surface area contributed by atoms with Crippen LogP contribution in [0, 0.1) is 0 Å². The van der Waals surface area contributed by atoms with E-state index in [0.29, 0.717) is 22.2 Å². The molecule has 168 valence electrons. The van der Waals surface area contributed by atoms with Crippen molar-refractivity contribution in [1.82, 2.24) is 0 Å². The Morgan fingerprint density at radius 2 is 1.67 bits per heavy atom. The quantitative estimate of drug-likeness (QED) is 0.518. The van der Waals surface area contributed by atoms with E-state index in [9.17, 15) is 9.90 Å². The van der Waals surface area contributed by atoms with E-state index in [-0.39, 0.29) is 23.2 Å². The number of ether oxygens (including phenoxy) is 2. The second-order valence-corrected chi connectivity index (χ2v) is 8.13. The van der Waals surface area contributed by atoms with Crippen LogP contribution in [0.25, 0.3) is 6.08 Å². The lowest BCUT2D eigenvalue weighted by Crippen LogP contribution is -2.28. The number of carbonyl (C=O) groups excluding carboxylic acids is 1. The topological polar surface area (TPSA) is 97.4 Å². The third-order valence-corrected chi connectivity index (χ3v) is 5.99. The summed E-state index contributed by atoms with van der Waals surface area (Å²) in [6.07, 6.45) is 1.73. The molecule has 0 bridgehead atoms. The molecule has 8 heteroatoms. The van der Waals surface area contributed by atoms with Crippen LogP contribution in [0.1, 0.15) is 11.1 Å². The van der Waals surface area contributed by atoms with Gasteiger partial charge in [-0.1, -0.05) is 30.3 Å². The normalized spacial score (nSPS) is 16.0. The average Bonchev–Trinajstić information content (AvgIpc) is 3.15. The number of anilines is 1. The number of nitrogens with two attached hydrogens (primary N) is 1. The molecule has 0 atom stereocenters. The number of nitrogens with zero attached hydrogens (tertiary/aromatic N) is 2. The number of hydrogen-bond donors (Lipinski definition) is 2. The number of aliphatic imine (C=N–C) groups is 1.